The molecule has 0 saturated heterocycles. The van der Waals surface area contributed by atoms with Crippen molar-refractivity contribution in [3.05, 3.63) is 179 Å². The van der Waals surface area contributed by atoms with Crippen LogP contribution in [0.15, 0.2) is 144 Å². The number of halogens is 4. The van der Waals surface area contributed by atoms with Gasteiger partial charge in [-0.3, -0.25) is 29.3 Å². The van der Waals surface area contributed by atoms with Gasteiger partial charge in [-0.2, -0.15) is 10.2 Å². The van der Waals surface area contributed by atoms with E-state index in [9.17, 15) is 0 Å². The van der Waals surface area contributed by atoms with Crippen molar-refractivity contribution in [2.24, 2.45) is 9.98 Å². The van der Waals surface area contributed by atoms with Crippen molar-refractivity contribution in [1.82, 2.24) is 29.5 Å². The summed E-state index contributed by atoms with van der Waals surface area (Å²) in [6, 6.07) is 41.5. The molecule has 0 aliphatic heterocycles. The van der Waals surface area contributed by atoms with E-state index < -0.39 is 0 Å². The monoisotopic (exact) mass is 1130 g/mol. The Morgan fingerprint density at radius 3 is 1.12 bits per heavy atom. The third-order valence-corrected chi connectivity index (χ3v) is 11.3. The molecule has 0 amide bonds. The van der Waals surface area contributed by atoms with Gasteiger partial charge in [0.2, 0.25) is 0 Å². The Morgan fingerprint density at radius 1 is 0.514 bits per heavy atom. The molecular formula is C57H70Cl4Fe2N8O. The zero-order chi connectivity index (χ0) is 51.7. The SMILES string of the molecule is C.CC(C)c1cccc(C(C)C)c1N=Cc1nn(Cc2ccccn2)c2ccccc12.CC(C)c1cccc(C(C)C)c1N=Cc1nn(Cc2ccccn2)c2ccccc12.CCCCO.[Cl][Fe][Cl].[Cl][Fe][Cl]. The van der Waals surface area contributed by atoms with E-state index in [1.807, 2.05) is 94.9 Å². The normalized spacial score (nSPS) is 11.1. The summed E-state index contributed by atoms with van der Waals surface area (Å²) in [5, 5.41) is 20.0. The molecular weight excluding hydrogens is 1070 g/mol. The van der Waals surface area contributed by atoms with Gasteiger partial charge in [-0.05, 0) is 88.7 Å². The van der Waals surface area contributed by atoms with Gasteiger partial charge in [0, 0.05) is 29.8 Å². The quantitative estimate of drug-likeness (QED) is 0.0862. The molecule has 4 aromatic heterocycles. The number of rotatable bonds is 14. The molecule has 72 heavy (non-hydrogen) atoms. The van der Waals surface area contributed by atoms with Gasteiger partial charge in [0.15, 0.2) is 0 Å². The van der Waals surface area contributed by atoms with E-state index in [2.05, 4.69) is 133 Å². The minimum atomic E-state index is 0. The van der Waals surface area contributed by atoms with Crippen LogP contribution in [0.5, 0.6) is 0 Å². The number of aliphatic imine (C=N–C) groups is 2. The average Bonchev–Trinajstić information content (AvgIpc) is 3.90. The minimum absolute atomic E-state index is 0. The van der Waals surface area contributed by atoms with E-state index in [4.69, 9.17) is 65.7 Å². The molecule has 0 unspecified atom stereocenters. The second kappa shape index (κ2) is 33.4. The Hall–Kier alpha value is -4.38. The predicted molar refractivity (Wildman–Crippen MR) is 302 cm³/mol. The molecule has 0 bridgehead atoms. The molecule has 8 aromatic rings. The van der Waals surface area contributed by atoms with Crippen LogP contribution in [-0.4, -0.2) is 53.7 Å². The molecule has 0 atom stereocenters. The number of hydrogen-bond acceptors (Lipinski definition) is 7. The Labute approximate surface area is 458 Å². The summed E-state index contributed by atoms with van der Waals surface area (Å²) in [5.41, 5.74) is 13.2. The second-order valence-corrected chi connectivity index (χ2v) is 21.3. The first-order valence-corrected chi connectivity index (χ1v) is 29.8. The average molecular weight is 1140 g/mol. The van der Waals surface area contributed by atoms with Gasteiger partial charge in [-0.1, -0.05) is 161 Å². The summed E-state index contributed by atoms with van der Waals surface area (Å²) in [4.78, 5) is 18.8. The fourth-order valence-electron chi connectivity index (χ4n) is 7.76. The number of unbranched alkanes of at least 4 members (excludes halogenated alkanes) is 1. The number of nitrogens with zero attached hydrogens (tertiary/aromatic N) is 8. The summed E-state index contributed by atoms with van der Waals surface area (Å²) >= 11 is 0.389. The molecule has 0 spiro atoms. The molecule has 0 saturated carbocycles. The first-order chi connectivity index (χ1) is 34.3. The number of para-hydroxylation sites is 4. The molecule has 388 valence electrons. The van der Waals surface area contributed by atoms with Crippen molar-refractivity contribution >= 4 is 86.0 Å². The van der Waals surface area contributed by atoms with Crippen LogP contribution in [0.4, 0.5) is 11.4 Å². The summed E-state index contributed by atoms with van der Waals surface area (Å²) in [7, 11) is 19.1. The Bertz CT molecular complexity index is 2610. The number of hydrogen-bond donors (Lipinski definition) is 1. The van der Waals surface area contributed by atoms with E-state index in [1.54, 1.807) is 0 Å². The Kier molecular flexibility index (Phi) is 28.8. The Balaban J connectivity index is 0.000000312. The van der Waals surface area contributed by atoms with E-state index >= 15 is 0 Å². The van der Waals surface area contributed by atoms with Crippen molar-refractivity contribution < 1.29 is 31.4 Å². The molecule has 4 heterocycles. The molecule has 0 aliphatic rings. The zero-order valence-electron chi connectivity index (χ0n) is 41.9. The fourth-order valence-corrected chi connectivity index (χ4v) is 7.76. The van der Waals surface area contributed by atoms with Crippen LogP contribution in [0.3, 0.4) is 0 Å². The molecule has 4 aromatic carbocycles. The Morgan fingerprint density at radius 2 is 0.847 bits per heavy atom. The summed E-state index contributed by atoms with van der Waals surface area (Å²) in [6.07, 6.45) is 9.52. The van der Waals surface area contributed by atoms with Crippen LogP contribution in [-0.2, 0) is 39.4 Å². The van der Waals surface area contributed by atoms with Gasteiger partial charge < -0.3 is 5.11 Å². The summed E-state index contributed by atoms with van der Waals surface area (Å²) < 4.78 is 4.02. The van der Waals surface area contributed by atoms with E-state index in [1.165, 1.54) is 22.3 Å². The van der Waals surface area contributed by atoms with Crippen LogP contribution < -0.4 is 0 Å². The maximum atomic E-state index is 8.07. The predicted octanol–water partition coefficient (Wildman–Crippen LogP) is 17.1. The summed E-state index contributed by atoms with van der Waals surface area (Å²) in [5.74, 6) is 1.65. The number of aromatic nitrogens is 6. The van der Waals surface area contributed by atoms with Crippen LogP contribution >= 0.6 is 40.4 Å². The number of benzene rings is 4. The second-order valence-electron chi connectivity index (χ2n) is 17.6. The summed E-state index contributed by atoms with van der Waals surface area (Å²) in [6.45, 7) is 21.4. The van der Waals surface area contributed by atoms with Crippen LogP contribution in [0.2, 0.25) is 0 Å². The van der Waals surface area contributed by atoms with Gasteiger partial charge in [-0.15, -0.1) is 0 Å². The third kappa shape index (κ3) is 18.5. The molecule has 0 aliphatic carbocycles. The number of aliphatic hydroxyl groups is 1. The van der Waals surface area contributed by atoms with Crippen molar-refractivity contribution in [3.8, 4) is 0 Å². The topological polar surface area (TPSA) is 106 Å². The van der Waals surface area contributed by atoms with Gasteiger partial charge in [0.05, 0.1) is 59.3 Å². The van der Waals surface area contributed by atoms with Gasteiger partial charge in [0.1, 0.15) is 11.4 Å². The molecule has 9 nitrogen and oxygen atoms in total. The van der Waals surface area contributed by atoms with E-state index in [0.29, 0.717) is 43.4 Å². The third-order valence-electron chi connectivity index (χ3n) is 11.3. The molecule has 0 fully saturated rings. The van der Waals surface area contributed by atoms with E-state index in [0.717, 1.165) is 68.8 Å². The van der Waals surface area contributed by atoms with Gasteiger partial charge in [0.25, 0.3) is 0 Å². The molecule has 8 rings (SSSR count). The van der Waals surface area contributed by atoms with Crippen LogP contribution in [0.25, 0.3) is 21.8 Å². The van der Waals surface area contributed by atoms with Crippen LogP contribution in [0.1, 0.15) is 151 Å². The standard InChI is InChI=1S/2C26H28N4.C4H10O.CH4.4ClH.2Fe/c2*1-18(2)21-12-9-13-22(19(3)4)26(21)28-16-24-23-11-5-6-14-25(23)30(29-24)17-20-10-7-8-15-27-20;1-2-3-4-5;;;;;;;/h2*5-16,18-19H,17H2,1-4H3;5H,2-4H2,1H3;1H4;4*1H;;/q;;;;;;;;2*+2/p-4. The molecule has 1 N–H and O–H groups in total. The van der Waals surface area contributed by atoms with Crippen molar-refractivity contribution in [3.63, 3.8) is 0 Å². The van der Waals surface area contributed by atoms with Crippen LogP contribution in [0, 0.1) is 0 Å². The zero-order valence-corrected chi connectivity index (χ0v) is 47.2. The number of aliphatic hydroxyl groups excluding tert-OH is 1. The first-order valence-electron chi connectivity index (χ1n) is 23.7. The number of pyridine rings is 2. The fraction of sp³-hybridized carbons (Fsp3) is 0.333. The first kappa shape index (κ1) is 61.9. The molecule has 0 radical (unpaired) electrons. The van der Waals surface area contributed by atoms with Gasteiger partial charge in [-0.25, -0.2) is 0 Å². The van der Waals surface area contributed by atoms with Crippen molar-refractivity contribution in [1.29, 1.82) is 0 Å². The van der Waals surface area contributed by atoms with Gasteiger partial charge >= 0.3 is 66.7 Å². The molecule has 15 heteroatoms. The maximum absolute atomic E-state index is 8.07. The number of fused-ring (bicyclic) bond motifs is 2. The van der Waals surface area contributed by atoms with Crippen molar-refractivity contribution in [2.75, 3.05) is 6.61 Å². The van der Waals surface area contributed by atoms with E-state index in [-0.39, 0.29) is 33.7 Å². The van der Waals surface area contributed by atoms with Crippen molar-refractivity contribution in [2.45, 2.75) is 119 Å².